The summed E-state index contributed by atoms with van der Waals surface area (Å²) in [7, 11) is 0. The normalized spacial score (nSPS) is 12.2. The van der Waals surface area contributed by atoms with Crippen LogP contribution in [-0.4, -0.2) is 16.4 Å². The zero-order valence-corrected chi connectivity index (χ0v) is 13.4. The van der Waals surface area contributed by atoms with Crippen LogP contribution in [0.5, 0.6) is 5.75 Å². The summed E-state index contributed by atoms with van der Waals surface area (Å²) in [4.78, 5) is 0. The smallest absolute Gasteiger partial charge is 0.142 e. The van der Waals surface area contributed by atoms with Crippen molar-refractivity contribution < 1.29 is 4.74 Å². The van der Waals surface area contributed by atoms with Crippen molar-refractivity contribution in [1.82, 2.24) is 9.78 Å². The summed E-state index contributed by atoms with van der Waals surface area (Å²) >= 11 is 0. The van der Waals surface area contributed by atoms with Crippen LogP contribution < -0.4 is 10.1 Å². The number of anilines is 1. The molecule has 2 aromatic rings. The molecule has 0 amide bonds. The van der Waals surface area contributed by atoms with Crippen LogP contribution in [-0.2, 0) is 6.54 Å². The molecule has 1 aromatic carbocycles. The molecule has 0 aliphatic rings. The van der Waals surface area contributed by atoms with Crippen LogP contribution in [0.1, 0.15) is 44.4 Å². The average Bonchev–Trinajstić information content (AvgIpc) is 2.96. The van der Waals surface area contributed by atoms with Gasteiger partial charge in [-0.1, -0.05) is 13.0 Å². The van der Waals surface area contributed by atoms with Crippen molar-refractivity contribution >= 4 is 5.69 Å². The number of aryl methyl sites for hydroxylation is 2. The van der Waals surface area contributed by atoms with E-state index in [4.69, 9.17) is 4.74 Å². The van der Waals surface area contributed by atoms with E-state index < -0.39 is 0 Å². The highest BCUT2D eigenvalue weighted by Crippen LogP contribution is 2.29. The number of ether oxygens (including phenoxy) is 1. The number of hydrogen-bond acceptors (Lipinski definition) is 3. The first-order valence-corrected chi connectivity index (χ1v) is 7.66. The average molecular weight is 287 g/mol. The van der Waals surface area contributed by atoms with E-state index in [-0.39, 0.29) is 6.04 Å². The quantitative estimate of drug-likeness (QED) is 0.830. The first-order chi connectivity index (χ1) is 10.1. The van der Waals surface area contributed by atoms with E-state index in [0.29, 0.717) is 0 Å². The predicted molar refractivity (Wildman–Crippen MR) is 86.9 cm³/mol. The molecular weight excluding hydrogens is 262 g/mol. The lowest BCUT2D eigenvalue weighted by Gasteiger charge is -2.18. The van der Waals surface area contributed by atoms with E-state index in [9.17, 15) is 0 Å². The molecule has 2 rings (SSSR count). The second-order valence-electron chi connectivity index (χ2n) is 5.34. The van der Waals surface area contributed by atoms with Crippen molar-refractivity contribution in [2.24, 2.45) is 0 Å². The zero-order valence-electron chi connectivity index (χ0n) is 13.4. The van der Waals surface area contributed by atoms with Crippen molar-refractivity contribution in [2.75, 3.05) is 11.9 Å². The second kappa shape index (κ2) is 7.16. The van der Waals surface area contributed by atoms with Crippen LogP contribution in [0.15, 0.2) is 30.6 Å². The van der Waals surface area contributed by atoms with Gasteiger partial charge in [-0.2, -0.15) is 5.10 Å². The Kier molecular flexibility index (Phi) is 5.26. The van der Waals surface area contributed by atoms with Crippen LogP contribution in [0.25, 0.3) is 0 Å². The molecule has 0 spiro atoms. The van der Waals surface area contributed by atoms with E-state index >= 15 is 0 Å². The Balaban J connectivity index is 2.13. The molecule has 4 heteroatoms. The molecule has 1 atom stereocenters. The van der Waals surface area contributed by atoms with Crippen LogP contribution in [0.4, 0.5) is 5.69 Å². The summed E-state index contributed by atoms with van der Waals surface area (Å²) in [5.41, 5.74) is 3.42. The van der Waals surface area contributed by atoms with Crippen molar-refractivity contribution in [2.45, 2.75) is 46.7 Å². The Labute approximate surface area is 127 Å². The molecule has 1 aromatic heterocycles. The minimum atomic E-state index is 0.192. The molecule has 1 heterocycles. The second-order valence-corrected chi connectivity index (χ2v) is 5.34. The van der Waals surface area contributed by atoms with Crippen molar-refractivity contribution in [1.29, 1.82) is 0 Å². The Bertz CT molecular complexity index is 577. The lowest BCUT2D eigenvalue weighted by Crippen LogP contribution is -2.08. The van der Waals surface area contributed by atoms with Crippen molar-refractivity contribution in [3.8, 4) is 5.75 Å². The zero-order chi connectivity index (χ0) is 15.2. The standard InChI is InChI=1S/C17H25N3O/c1-5-9-21-17-10-13(3)7-8-16(17)19-14(4)15-11-18-20(6-2)12-15/h7-8,10-12,14,19H,5-6,9H2,1-4H3. The molecule has 0 saturated heterocycles. The van der Waals surface area contributed by atoms with E-state index in [1.54, 1.807) is 0 Å². The lowest BCUT2D eigenvalue weighted by molar-refractivity contribution is 0.318. The molecule has 1 N–H and O–H groups in total. The highest BCUT2D eigenvalue weighted by molar-refractivity contribution is 5.58. The van der Waals surface area contributed by atoms with E-state index in [1.807, 2.05) is 10.9 Å². The van der Waals surface area contributed by atoms with Crippen LogP contribution in [0, 0.1) is 6.92 Å². The van der Waals surface area contributed by atoms with Gasteiger partial charge in [0.05, 0.1) is 24.5 Å². The third-order valence-electron chi connectivity index (χ3n) is 3.45. The maximum Gasteiger partial charge on any atom is 0.142 e. The van der Waals surface area contributed by atoms with Crippen LogP contribution >= 0.6 is 0 Å². The summed E-state index contributed by atoms with van der Waals surface area (Å²) in [6, 6.07) is 6.46. The third-order valence-corrected chi connectivity index (χ3v) is 3.45. The van der Waals surface area contributed by atoms with Crippen LogP contribution in [0.3, 0.4) is 0 Å². The Hall–Kier alpha value is -1.97. The number of benzene rings is 1. The fourth-order valence-corrected chi connectivity index (χ4v) is 2.17. The summed E-state index contributed by atoms with van der Waals surface area (Å²) in [6.45, 7) is 10.1. The molecule has 0 radical (unpaired) electrons. The monoisotopic (exact) mass is 287 g/mol. The third kappa shape index (κ3) is 4.00. The number of nitrogens with one attached hydrogen (secondary N) is 1. The molecule has 0 bridgehead atoms. The van der Waals surface area contributed by atoms with Gasteiger partial charge in [-0.3, -0.25) is 4.68 Å². The number of aromatic nitrogens is 2. The molecule has 0 saturated carbocycles. The highest BCUT2D eigenvalue weighted by atomic mass is 16.5. The van der Waals surface area contributed by atoms with Gasteiger partial charge >= 0.3 is 0 Å². The van der Waals surface area contributed by atoms with Gasteiger partial charge < -0.3 is 10.1 Å². The molecule has 1 unspecified atom stereocenters. The van der Waals surface area contributed by atoms with Gasteiger partial charge in [0.25, 0.3) is 0 Å². The van der Waals surface area contributed by atoms with Gasteiger partial charge in [-0.25, -0.2) is 0 Å². The summed E-state index contributed by atoms with van der Waals surface area (Å²) < 4.78 is 7.79. The van der Waals surface area contributed by atoms with E-state index in [2.05, 4.69) is 62.5 Å². The van der Waals surface area contributed by atoms with Gasteiger partial charge in [0.2, 0.25) is 0 Å². The first-order valence-electron chi connectivity index (χ1n) is 7.66. The number of hydrogen-bond donors (Lipinski definition) is 1. The maximum absolute atomic E-state index is 5.85. The van der Waals surface area contributed by atoms with Gasteiger partial charge in [0.1, 0.15) is 5.75 Å². The SMILES string of the molecule is CCCOc1cc(C)ccc1NC(C)c1cnn(CC)c1. The molecule has 0 aliphatic heterocycles. The Morgan fingerprint density at radius 2 is 2.14 bits per heavy atom. The molecule has 4 nitrogen and oxygen atoms in total. The van der Waals surface area contributed by atoms with Gasteiger partial charge in [-0.05, 0) is 44.9 Å². The Morgan fingerprint density at radius 1 is 1.33 bits per heavy atom. The number of nitrogens with zero attached hydrogens (tertiary/aromatic N) is 2. The molecule has 114 valence electrons. The molecule has 0 aliphatic carbocycles. The predicted octanol–water partition coefficient (Wildman–Crippen LogP) is 4.17. The fraction of sp³-hybridized carbons (Fsp3) is 0.471. The Morgan fingerprint density at radius 3 is 2.81 bits per heavy atom. The summed E-state index contributed by atoms with van der Waals surface area (Å²) in [5.74, 6) is 0.923. The minimum Gasteiger partial charge on any atom is -0.491 e. The molecule has 0 fully saturated rings. The molecular formula is C17H25N3O. The van der Waals surface area contributed by atoms with E-state index in [1.165, 1.54) is 11.1 Å². The fourth-order valence-electron chi connectivity index (χ4n) is 2.17. The van der Waals surface area contributed by atoms with E-state index in [0.717, 1.165) is 31.0 Å². The van der Waals surface area contributed by atoms with Crippen molar-refractivity contribution in [3.05, 3.63) is 41.7 Å². The minimum absolute atomic E-state index is 0.192. The highest BCUT2D eigenvalue weighted by Gasteiger charge is 2.11. The molecule has 21 heavy (non-hydrogen) atoms. The van der Waals surface area contributed by atoms with Gasteiger partial charge in [0.15, 0.2) is 0 Å². The maximum atomic E-state index is 5.85. The van der Waals surface area contributed by atoms with Crippen molar-refractivity contribution in [3.63, 3.8) is 0 Å². The summed E-state index contributed by atoms with van der Waals surface area (Å²) in [5, 5.41) is 7.85. The summed E-state index contributed by atoms with van der Waals surface area (Å²) in [6.07, 6.45) is 5.01. The topological polar surface area (TPSA) is 39.1 Å². The lowest BCUT2D eigenvalue weighted by atomic mass is 10.1. The number of rotatable bonds is 7. The first kappa shape index (κ1) is 15.4. The van der Waals surface area contributed by atoms with Gasteiger partial charge in [0, 0.05) is 18.3 Å². The van der Waals surface area contributed by atoms with Crippen LogP contribution in [0.2, 0.25) is 0 Å². The largest absolute Gasteiger partial charge is 0.491 e. The van der Waals surface area contributed by atoms with Gasteiger partial charge in [-0.15, -0.1) is 0 Å².